The Morgan fingerprint density at radius 2 is 1.52 bits per heavy atom. The number of hydrogen-bond donors (Lipinski definition) is 0. The molecule has 0 atom stereocenters. The van der Waals surface area contributed by atoms with Gasteiger partial charge in [0.15, 0.2) is 24.0 Å². The van der Waals surface area contributed by atoms with Crippen molar-refractivity contribution in [2.24, 2.45) is 0 Å². The molecule has 0 spiro atoms. The first-order valence-corrected chi connectivity index (χ1v) is 7.25. The summed E-state index contributed by atoms with van der Waals surface area (Å²) < 4.78 is 33.5. The van der Waals surface area contributed by atoms with Crippen LogP contribution in [0.1, 0.15) is 20.7 Å². The average Bonchev–Trinajstić information content (AvgIpc) is 2.65. The number of Topliss-reactive ketones (excluding diaryl/α,β-unsaturated/α-hetero) is 1. The van der Waals surface area contributed by atoms with Crippen molar-refractivity contribution in [1.82, 2.24) is 0 Å². The van der Waals surface area contributed by atoms with E-state index in [0.717, 1.165) is 6.07 Å². The third-order valence-corrected chi connectivity index (χ3v) is 3.40. The van der Waals surface area contributed by atoms with Crippen molar-refractivity contribution in [3.8, 4) is 17.2 Å². The second-order valence-electron chi connectivity index (χ2n) is 4.95. The summed E-state index contributed by atoms with van der Waals surface area (Å²) in [6, 6.07) is 8.28. The van der Waals surface area contributed by atoms with Crippen LogP contribution >= 0.6 is 0 Å². The van der Waals surface area contributed by atoms with Gasteiger partial charge in [0.05, 0.1) is 26.9 Å². The largest absolute Gasteiger partial charge is 0.497 e. The van der Waals surface area contributed by atoms with E-state index >= 15 is 0 Å². The summed E-state index contributed by atoms with van der Waals surface area (Å²) in [6.07, 6.45) is 0. The van der Waals surface area contributed by atoms with Gasteiger partial charge in [0.25, 0.3) is 0 Å². The minimum absolute atomic E-state index is 0.0250. The maximum absolute atomic E-state index is 13.6. The Hall–Kier alpha value is -3.09. The lowest BCUT2D eigenvalue weighted by Gasteiger charge is -2.09. The normalized spacial score (nSPS) is 10.1. The SMILES string of the molecule is COc1cc(OC)cc(C(=O)OCC(=O)c2ccc(OC)c(F)c2)c1. The van der Waals surface area contributed by atoms with E-state index in [1.54, 1.807) is 6.07 Å². The minimum atomic E-state index is -0.723. The van der Waals surface area contributed by atoms with E-state index in [-0.39, 0.29) is 16.9 Å². The fraction of sp³-hybridized carbons (Fsp3) is 0.222. The highest BCUT2D eigenvalue weighted by Crippen LogP contribution is 2.23. The highest BCUT2D eigenvalue weighted by atomic mass is 19.1. The Balaban J connectivity index is 2.06. The van der Waals surface area contributed by atoms with Crippen LogP contribution in [0.25, 0.3) is 0 Å². The number of esters is 1. The van der Waals surface area contributed by atoms with Crippen LogP contribution in [0.4, 0.5) is 4.39 Å². The lowest BCUT2D eigenvalue weighted by molar-refractivity contribution is 0.0474. The number of rotatable bonds is 7. The number of benzene rings is 2. The molecule has 0 aromatic heterocycles. The number of carbonyl (C=O) groups is 2. The number of ketones is 1. The smallest absolute Gasteiger partial charge is 0.338 e. The fourth-order valence-corrected chi connectivity index (χ4v) is 2.06. The molecule has 2 aromatic carbocycles. The molecule has 0 aliphatic rings. The van der Waals surface area contributed by atoms with Gasteiger partial charge in [-0.1, -0.05) is 0 Å². The molecule has 0 saturated carbocycles. The third kappa shape index (κ3) is 4.47. The minimum Gasteiger partial charge on any atom is -0.497 e. The molecule has 0 N–H and O–H groups in total. The van der Waals surface area contributed by atoms with Crippen molar-refractivity contribution in [3.05, 3.63) is 53.3 Å². The molecule has 0 amide bonds. The van der Waals surface area contributed by atoms with Crippen LogP contribution in [0.3, 0.4) is 0 Å². The summed E-state index contributed by atoms with van der Waals surface area (Å²) in [6.45, 7) is -0.524. The molecule has 0 saturated heterocycles. The zero-order valence-electron chi connectivity index (χ0n) is 14.0. The quantitative estimate of drug-likeness (QED) is 0.566. The molecule has 2 aromatic rings. The summed E-state index contributed by atoms with van der Waals surface area (Å²) in [5.74, 6) is -1.08. The standard InChI is InChI=1S/C18H17FO6/c1-22-13-6-12(7-14(9-13)23-2)18(21)25-10-16(20)11-4-5-17(24-3)15(19)8-11/h4-9H,10H2,1-3H3. The molecule has 0 unspecified atom stereocenters. The van der Waals surface area contributed by atoms with Crippen molar-refractivity contribution >= 4 is 11.8 Å². The molecule has 7 heteroatoms. The second kappa shape index (κ2) is 8.14. The van der Waals surface area contributed by atoms with E-state index in [1.807, 2.05) is 0 Å². The molecular formula is C18H17FO6. The first kappa shape index (κ1) is 18.3. The van der Waals surface area contributed by atoms with Gasteiger partial charge in [-0.2, -0.15) is 0 Å². The van der Waals surface area contributed by atoms with Crippen LogP contribution in [0.2, 0.25) is 0 Å². The number of halogens is 1. The number of methoxy groups -OCH3 is 3. The van der Waals surface area contributed by atoms with Gasteiger partial charge in [-0.05, 0) is 30.3 Å². The summed E-state index contributed by atoms with van der Waals surface area (Å²) in [5.41, 5.74) is 0.249. The Labute approximate surface area is 144 Å². The number of ether oxygens (including phenoxy) is 4. The van der Waals surface area contributed by atoms with Gasteiger partial charge in [0.2, 0.25) is 0 Å². The van der Waals surface area contributed by atoms with Crippen LogP contribution < -0.4 is 14.2 Å². The first-order chi connectivity index (χ1) is 12.0. The Morgan fingerprint density at radius 1 is 0.880 bits per heavy atom. The Bertz CT molecular complexity index is 765. The number of carbonyl (C=O) groups excluding carboxylic acids is 2. The van der Waals surface area contributed by atoms with Crippen LogP contribution in [0, 0.1) is 5.82 Å². The van der Waals surface area contributed by atoms with Gasteiger partial charge in [0, 0.05) is 11.6 Å². The molecule has 0 aliphatic carbocycles. The zero-order valence-corrected chi connectivity index (χ0v) is 14.0. The molecule has 6 nitrogen and oxygen atoms in total. The lowest BCUT2D eigenvalue weighted by Crippen LogP contribution is -2.14. The van der Waals surface area contributed by atoms with Gasteiger partial charge in [-0.25, -0.2) is 9.18 Å². The second-order valence-corrected chi connectivity index (χ2v) is 4.95. The molecule has 132 valence electrons. The van der Waals surface area contributed by atoms with Gasteiger partial charge < -0.3 is 18.9 Å². The van der Waals surface area contributed by atoms with Crippen molar-refractivity contribution < 1.29 is 32.9 Å². The highest BCUT2D eigenvalue weighted by molar-refractivity contribution is 5.99. The maximum Gasteiger partial charge on any atom is 0.338 e. The first-order valence-electron chi connectivity index (χ1n) is 7.25. The van der Waals surface area contributed by atoms with Crippen molar-refractivity contribution in [1.29, 1.82) is 0 Å². The highest BCUT2D eigenvalue weighted by Gasteiger charge is 2.15. The average molecular weight is 348 g/mol. The Morgan fingerprint density at radius 3 is 2.04 bits per heavy atom. The van der Waals surface area contributed by atoms with E-state index in [1.165, 1.54) is 45.6 Å². The zero-order chi connectivity index (χ0) is 18.4. The predicted molar refractivity (Wildman–Crippen MR) is 87.1 cm³/mol. The van der Waals surface area contributed by atoms with Crippen LogP contribution in [-0.4, -0.2) is 39.7 Å². The van der Waals surface area contributed by atoms with Gasteiger partial charge in [0.1, 0.15) is 11.5 Å². The number of hydrogen-bond acceptors (Lipinski definition) is 6. The van der Waals surface area contributed by atoms with E-state index in [4.69, 9.17) is 18.9 Å². The fourth-order valence-electron chi connectivity index (χ4n) is 2.06. The van der Waals surface area contributed by atoms with Crippen molar-refractivity contribution in [3.63, 3.8) is 0 Å². The van der Waals surface area contributed by atoms with E-state index in [0.29, 0.717) is 11.5 Å². The lowest BCUT2D eigenvalue weighted by atomic mass is 10.1. The predicted octanol–water partition coefficient (Wildman–Crippen LogP) is 2.89. The molecule has 0 bridgehead atoms. The molecule has 25 heavy (non-hydrogen) atoms. The molecular weight excluding hydrogens is 331 g/mol. The van der Waals surface area contributed by atoms with Crippen LogP contribution in [-0.2, 0) is 4.74 Å². The summed E-state index contributed by atoms with van der Waals surface area (Å²) >= 11 is 0. The van der Waals surface area contributed by atoms with E-state index in [2.05, 4.69) is 0 Å². The van der Waals surface area contributed by atoms with Crippen molar-refractivity contribution in [2.45, 2.75) is 0 Å². The van der Waals surface area contributed by atoms with Gasteiger partial charge >= 0.3 is 5.97 Å². The van der Waals surface area contributed by atoms with Crippen molar-refractivity contribution in [2.75, 3.05) is 27.9 Å². The maximum atomic E-state index is 13.6. The third-order valence-electron chi connectivity index (χ3n) is 3.40. The van der Waals surface area contributed by atoms with Gasteiger partial charge in [-0.15, -0.1) is 0 Å². The van der Waals surface area contributed by atoms with E-state index < -0.39 is 24.2 Å². The summed E-state index contributed by atoms with van der Waals surface area (Å²) in [4.78, 5) is 24.1. The molecule has 0 heterocycles. The summed E-state index contributed by atoms with van der Waals surface area (Å²) in [7, 11) is 4.22. The topological polar surface area (TPSA) is 71.1 Å². The van der Waals surface area contributed by atoms with Crippen LogP contribution in [0.5, 0.6) is 17.2 Å². The van der Waals surface area contributed by atoms with Gasteiger partial charge in [-0.3, -0.25) is 4.79 Å². The summed E-state index contributed by atoms with van der Waals surface area (Å²) in [5, 5.41) is 0. The molecule has 0 radical (unpaired) electrons. The van der Waals surface area contributed by atoms with Crippen LogP contribution in [0.15, 0.2) is 36.4 Å². The van der Waals surface area contributed by atoms with E-state index in [9.17, 15) is 14.0 Å². The monoisotopic (exact) mass is 348 g/mol. The molecule has 2 rings (SSSR count). The molecule has 0 fully saturated rings. The molecule has 0 aliphatic heterocycles. The Kier molecular flexibility index (Phi) is 5.94.